The van der Waals surface area contributed by atoms with E-state index in [-0.39, 0.29) is 0 Å². The molecular weight excluding hydrogens is 207 g/mol. The summed E-state index contributed by atoms with van der Waals surface area (Å²) in [6.07, 6.45) is 1.81. The third-order valence-electron chi connectivity index (χ3n) is 2.23. The van der Waals surface area contributed by atoms with Crippen LogP contribution in [0, 0.1) is 0 Å². The zero-order valence-corrected chi connectivity index (χ0v) is 10.2. The van der Waals surface area contributed by atoms with E-state index < -0.39 is 14.1 Å². The molecule has 0 aliphatic rings. The molecule has 70 valence electrons. The van der Waals surface area contributed by atoms with E-state index in [1.165, 1.54) is 16.2 Å². The molecule has 0 radical (unpaired) electrons. The maximum absolute atomic E-state index is 4.20. The van der Waals surface area contributed by atoms with E-state index in [1.54, 1.807) is 0 Å². The Morgan fingerprint density at radius 2 is 1.86 bits per heavy atom. The number of hydrogen-bond donors (Lipinski definition) is 0. The molecule has 0 saturated heterocycles. The Kier molecular flexibility index (Phi) is 2.97. The summed E-state index contributed by atoms with van der Waals surface area (Å²) in [5.41, 5.74) is 2.14. The van der Waals surface area contributed by atoms with Crippen molar-refractivity contribution < 1.29 is 0 Å². The normalized spacial score (nSPS) is 10.1. The molecule has 0 spiro atoms. The van der Waals surface area contributed by atoms with Gasteiger partial charge in [-0.3, -0.25) is 0 Å². The molecule has 0 fully saturated rings. The van der Waals surface area contributed by atoms with Crippen LogP contribution in [-0.4, -0.2) is 22.9 Å². The fourth-order valence-corrected chi connectivity index (χ4v) is 2.73. The van der Waals surface area contributed by atoms with Crippen LogP contribution >= 0.6 is 11.7 Å². The Labute approximate surface area is 92.3 Å². The van der Waals surface area contributed by atoms with Crippen LogP contribution in [-0.2, 0) is 0 Å². The van der Waals surface area contributed by atoms with Gasteiger partial charge in [0.15, 0.2) is 0 Å². The Balaban J connectivity index is 2.31. The Morgan fingerprint density at radius 1 is 1.14 bits per heavy atom. The summed E-state index contributed by atoms with van der Waals surface area (Å²) in [6.45, 7) is 0. The van der Waals surface area contributed by atoms with Gasteiger partial charge in [-0.1, -0.05) is 24.3 Å². The minimum absolute atomic E-state index is 0.662. The second kappa shape index (κ2) is 4.22. The van der Waals surface area contributed by atoms with Gasteiger partial charge in [0.1, 0.15) is 5.69 Å². The Hall–Kier alpha value is -0.688. The van der Waals surface area contributed by atoms with Gasteiger partial charge in [-0.15, -0.1) is 16.0 Å². The van der Waals surface area contributed by atoms with E-state index in [0.29, 0.717) is 0 Å². The van der Waals surface area contributed by atoms with Crippen LogP contribution < -0.4 is 4.43 Å². The molecule has 0 amide bonds. The number of benzene rings is 1. The van der Waals surface area contributed by atoms with Crippen molar-refractivity contribution in [1.82, 2.24) is 8.75 Å². The van der Waals surface area contributed by atoms with Crippen molar-refractivity contribution in [2.24, 2.45) is 0 Å². The third-order valence-corrected chi connectivity index (χ3v) is 4.43. The molecule has 2 nitrogen and oxygen atoms in total. The largest absolute Gasteiger partial charge is 0.299 e. The minimum atomic E-state index is -0.662. The molecule has 2 aromatic rings. The average molecular weight is 218 g/mol. The van der Waals surface area contributed by atoms with Crippen LogP contribution in [0.5, 0.6) is 0 Å². The van der Waals surface area contributed by atoms with Crippen molar-refractivity contribution in [2.75, 3.05) is 0 Å². The van der Waals surface area contributed by atoms with Crippen molar-refractivity contribution in [3.8, 4) is 11.3 Å². The van der Waals surface area contributed by atoms with Crippen LogP contribution in [0.2, 0.25) is 11.6 Å². The second-order valence-electron chi connectivity index (χ2n) is 3.57. The molecule has 1 heterocycles. The molecule has 0 bridgehead atoms. The van der Waals surface area contributed by atoms with Gasteiger partial charge in [0.05, 0.1) is 17.9 Å². The number of hydrogen-bond acceptors (Lipinski definition) is 3. The first-order chi connectivity index (χ1) is 6.77. The average Bonchev–Trinajstić information content (AvgIpc) is 2.71. The number of aromatic nitrogens is 2. The van der Waals surface area contributed by atoms with Gasteiger partial charge in [0.2, 0.25) is 0 Å². The van der Waals surface area contributed by atoms with E-state index in [2.05, 4.69) is 44.6 Å². The van der Waals surface area contributed by atoms with Crippen molar-refractivity contribution in [3.05, 3.63) is 30.5 Å². The van der Waals surface area contributed by atoms with Crippen molar-refractivity contribution in [3.63, 3.8) is 0 Å². The SMILES string of the molecule is [CH3][Al]([CH3])[c]1ccc(-c2cnsn2)cc1. The van der Waals surface area contributed by atoms with Gasteiger partial charge in [-0.25, -0.2) is 0 Å². The maximum atomic E-state index is 4.20. The topological polar surface area (TPSA) is 25.8 Å². The highest BCUT2D eigenvalue weighted by atomic mass is 32.1. The minimum Gasteiger partial charge on any atom is -0.181 e. The lowest BCUT2D eigenvalue weighted by Gasteiger charge is -2.01. The summed E-state index contributed by atoms with van der Waals surface area (Å²) in [5.74, 6) is 4.67. The standard InChI is InChI=1S/C8H5N2S.2CH3.Al/c1-2-4-7(5-3-1)8-6-9-11-10-8;;;/h2-6H;2*1H3;. The van der Waals surface area contributed by atoms with Crippen LogP contribution in [0.3, 0.4) is 0 Å². The molecular formula is C10H11AlN2S. The smallest absolute Gasteiger partial charge is 0.181 e. The first-order valence-corrected chi connectivity index (χ1v) is 8.27. The predicted molar refractivity (Wildman–Crippen MR) is 62.5 cm³/mol. The lowest BCUT2D eigenvalue weighted by atomic mass is 10.2. The highest BCUT2D eigenvalue weighted by Crippen LogP contribution is 2.15. The molecule has 0 unspecified atom stereocenters. The van der Waals surface area contributed by atoms with Crippen molar-refractivity contribution in [1.29, 1.82) is 0 Å². The summed E-state index contributed by atoms with van der Waals surface area (Å²) < 4.78 is 9.70. The number of nitrogens with zero attached hydrogens (tertiary/aromatic N) is 2. The highest BCUT2D eigenvalue weighted by molar-refractivity contribution is 6.99. The molecule has 0 saturated carbocycles. The summed E-state index contributed by atoms with van der Waals surface area (Å²) >= 11 is 0.592. The lowest BCUT2D eigenvalue weighted by Crippen LogP contribution is -2.21. The van der Waals surface area contributed by atoms with Crippen LogP contribution in [0.1, 0.15) is 0 Å². The highest BCUT2D eigenvalue weighted by Gasteiger charge is 2.06. The Morgan fingerprint density at radius 3 is 2.36 bits per heavy atom. The van der Waals surface area contributed by atoms with Gasteiger partial charge in [0, 0.05) is 5.56 Å². The van der Waals surface area contributed by atoms with Crippen molar-refractivity contribution >= 4 is 30.3 Å². The summed E-state index contributed by atoms with van der Waals surface area (Å²) in [6, 6.07) is 8.70. The zero-order chi connectivity index (χ0) is 9.97. The molecule has 0 N–H and O–H groups in total. The molecule has 1 aromatic carbocycles. The molecule has 1 aromatic heterocycles. The third kappa shape index (κ3) is 2.04. The summed E-state index contributed by atoms with van der Waals surface area (Å²) in [5, 5.41) is 0. The molecule has 2 rings (SSSR count). The molecule has 0 aliphatic carbocycles. The second-order valence-corrected chi connectivity index (χ2v) is 7.10. The maximum Gasteiger partial charge on any atom is 0.299 e. The fourth-order valence-electron chi connectivity index (χ4n) is 1.33. The van der Waals surface area contributed by atoms with E-state index in [1.807, 2.05) is 6.20 Å². The van der Waals surface area contributed by atoms with Gasteiger partial charge in [0.25, 0.3) is 14.1 Å². The predicted octanol–water partition coefficient (Wildman–Crippen LogP) is 2.17. The first kappa shape index (κ1) is 9.85. The van der Waals surface area contributed by atoms with Crippen LogP contribution in [0.4, 0.5) is 0 Å². The molecule has 14 heavy (non-hydrogen) atoms. The first-order valence-electron chi connectivity index (χ1n) is 4.65. The number of rotatable bonds is 2. The van der Waals surface area contributed by atoms with Gasteiger partial charge < -0.3 is 0 Å². The fraction of sp³-hybridized carbons (Fsp3) is 0.200. The van der Waals surface area contributed by atoms with E-state index >= 15 is 0 Å². The quantitative estimate of drug-likeness (QED) is 0.722. The summed E-state index contributed by atoms with van der Waals surface area (Å²) in [7, 11) is 0. The molecule has 4 heteroatoms. The van der Waals surface area contributed by atoms with E-state index in [4.69, 9.17) is 0 Å². The summed E-state index contributed by atoms with van der Waals surface area (Å²) in [4.78, 5) is 0. The molecule has 0 aliphatic heterocycles. The molecule has 0 atom stereocenters. The van der Waals surface area contributed by atoms with E-state index in [0.717, 1.165) is 11.3 Å². The zero-order valence-electron chi connectivity index (χ0n) is 8.27. The van der Waals surface area contributed by atoms with Gasteiger partial charge >= 0.3 is 0 Å². The van der Waals surface area contributed by atoms with Crippen LogP contribution in [0.15, 0.2) is 30.5 Å². The van der Waals surface area contributed by atoms with Gasteiger partial charge in [-0.2, -0.15) is 8.75 Å². The lowest BCUT2D eigenvalue weighted by molar-refractivity contribution is 1.50. The van der Waals surface area contributed by atoms with Crippen molar-refractivity contribution in [2.45, 2.75) is 11.6 Å². The monoisotopic (exact) mass is 218 g/mol. The van der Waals surface area contributed by atoms with Gasteiger partial charge in [-0.05, 0) is 0 Å². The van der Waals surface area contributed by atoms with E-state index in [9.17, 15) is 0 Å². The van der Waals surface area contributed by atoms with Crippen LogP contribution in [0.25, 0.3) is 11.3 Å². The Bertz CT molecular complexity index is 395.